The molecular formula is C57H59N5. The maximum Gasteiger partial charge on any atom is 0.122 e. The van der Waals surface area contributed by atoms with Gasteiger partial charge in [-0.25, -0.2) is 0 Å². The minimum absolute atomic E-state index is 0.0850. The second-order valence-corrected chi connectivity index (χ2v) is 15.7. The van der Waals surface area contributed by atoms with Crippen molar-refractivity contribution in [3.63, 3.8) is 0 Å². The number of nitrogens with zero attached hydrogens (tertiary/aromatic N) is 2. The molecule has 0 bridgehead atoms. The molecule has 1 aliphatic carbocycles. The van der Waals surface area contributed by atoms with Gasteiger partial charge in [0.05, 0.1) is 5.69 Å². The summed E-state index contributed by atoms with van der Waals surface area (Å²) >= 11 is 0. The van der Waals surface area contributed by atoms with E-state index in [2.05, 4.69) is 187 Å². The molecule has 0 fully saturated rings. The van der Waals surface area contributed by atoms with Gasteiger partial charge in [0.25, 0.3) is 0 Å². The van der Waals surface area contributed by atoms with Crippen molar-refractivity contribution in [2.45, 2.75) is 59.4 Å². The number of nitrogens with one attached hydrogen (secondary N) is 2. The molecule has 0 radical (unpaired) electrons. The summed E-state index contributed by atoms with van der Waals surface area (Å²) in [5, 5.41) is 11.3. The third-order valence-corrected chi connectivity index (χ3v) is 11.4. The van der Waals surface area contributed by atoms with E-state index in [9.17, 15) is 0 Å². The highest BCUT2D eigenvalue weighted by Crippen LogP contribution is 2.44. The van der Waals surface area contributed by atoms with Crippen molar-refractivity contribution in [3.05, 3.63) is 233 Å². The van der Waals surface area contributed by atoms with Crippen LogP contribution < -0.4 is 20.9 Å². The van der Waals surface area contributed by atoms with Crippen LogP contribution in [-0.2, 0) is 13.0 Å². The molecule has 62 heavy (non-hydrogen) atoms. The number of allylic oxidation sites excluding steroid dienone is 9. The van der Waals surface area contributed by atoms with Gasteiger partial charge >= 0.3 is 0 Å². The first-order valence-corrected chi connectivity index (χ1v) is 21.9. The minimum Gasteiger partial charge on any atom is -0.384 e. The Kier molecular flexibility index (Phi) is 14.6. The molecule has 2 heterocycles. The van der Waals surface area contributed by atoms with Crippen molar-refractivity contribution in [1.82, 2.24) is 5.32 Å². The standard InChI is InChI=1S/C42H38N4.C15H21N/c1-3-4-10-30-15-17-35-27-33(21-25-40(35)45(29(30)2)37-12-6-5-7-13-37)34-22-26-41-36(28-34)18-16-31-11-8-9-14-39(31)46(41)38-23-19-32(20-24-38)42(43)44;1-3-8-14(9-4-2)12-16-13-15-10-6-5-7-11-15/h3-7,9-10,12-15,17,19-28H,2,8,11,16,18H2,1H3,(H3,43,44);3,5-11,16H,4,12-13H2,1-2H3/b4-3-,30-10-;8-3-,14-9+. The summed E-state index contributed by atoms with van der Waals surface area (Å²) in [6.45, 7) is 12.6. The molecule has 3 aliphatic rings. The fourth-order valence-corrected chi connectivity index (χ4v) is 8.32. The number of anilines is 4. The molecule has 0 spiro atoms. The lowest BCUT2D eigenvalue weighted by Crippen LogP contribution is -2.18. The number of para-hydroxylation sites is 1. The van der Waals surface area contributed by atoms with Crippen molar-refractivity contribution in [2.24, 2.45) is 5.73 Å². The number of nitrogen functional groups attached to an aromatic ring is 1. The topological polar surface area (TPSA) is 68.4 Å². The fraction of sp³-hybridized carbons (Fsp3) is 0.175. The van der Waals surface area contributed by atoms with Crippen LogP contribution in [0.15, 0.2) is 211 Å². The smallest absolute Gasteiger partial charge is 0.122 e. The molecule has 5 heteroatoms. The molecule has 0 aromatic heterocycles. The summed E-state index contributed by atoms with van der Waals surface area (Å²) in [5.41, 5.74) is 23.3. The monoisotopic (exact) mass is 813 g/mol. The average molecular weight is 814 g/mol. The van der Waals surface area contributed by atoms with Crippen LogP contribution >= 0.6 is 0 Å². The van der Waals surface area contributed by atoms with E-state index in [1.807, 2.05) is 37.3 Å². The Labute approximate surface area is 369 Å². The second kappa shape index (κ2) is 21.0. The van der Waals surface area contributed by atoms with Crippen LogP contribution in [0.5, 0.6) is 0 Å². The van der Waals surface area contributed by atoms with Crippen LogP contribution in [-0.4, -0.2) is 12.4 Å². The van der Waals surface area contributed by atoms with Gasteiger partial charge in [-0.1, -0.05) is 129 Å². The highest BCUT2D eigenvalue weighted by atomic mass is 15.2. The number of amidine groups is 1. The van der Waals surface area contributed by atoms with Crippen LogP contribution in [0.25, 0.3) is 17.2 Å². The van der Waals surface area contributed by atoms with Gasteiger partial charge < -0.3 is 20.9 Å². The first-order chi connectivity index (χ1) is 30.4. The van der Waals surface area contributed by atoms with E-state index < -0.39 is 0 Å². The van der Waals surface area contributed by atoms with E-state index in [1.165, 1.54) is 44.8 Å². The van der Waals surface area contributed by atoms with E-state index in [0.29, 0.717) is 0 Å². The van der Waals surface area contributed by atoms with Crippen LogP contribution in [0.3, 0.4) is 0 Å². The van der Waals surface area contributed by atoms with Gasteiger partial charge in [0, 0.05) is 47.1 Å². The van der Waals surface area contributed by atoms with E-state index in [-0.39, 0.29) is 5.84 Å². The number of rotatable bonds is 11. The summed E-state index contributed by atoms with van der Waals surface area (Å²) in [6, 6.07) is 42.7. The molecule has 0 amide bonds. The molecule has 2 aliphatic heterocycles. The number of aryl methyl sites for hydroxylation is 1. The maximum absolute atomic E-state index is 7.85. The van der Waals surface area contributed by atoms with Crippen molar-refractivity contribution >= 4 is 34.7 Å². The van der Waals surface area contributed by atoms with Gasteiger partial charge in [0.2, 0.25) is 0 Å². The normalized spacial score (nSPS) is 15.6. The first kappa shape index (κ1) is 43.1. The van der Waals surface area contributed by atoms with Crippen molar-refractivity contribution < 1.29 is 0 Å². The zero-order chi connectivity index (χ0) is 43.3. The maximum atomic E-state index is 7.85. The number of fused-ring (bicyclic) bond motifs is 2. The third-order valence-electron chi connectivity index (χ3n) is 11.4. The average Bonchev–Trinajstić information content (AvgIpc) is 3.56. The van der Waals surface area contributed by atoms with Crippen LogP contribution in [0.2, 0.25) is 0 Å². The van der Waals surface area contributed by atoms with Crippen molar-refractivity contribution in [3.8, 4) is 11.1 Å². The lowest BCUT2D eigenvalue weighted by molar-refractivity contribution is 0.745. The lowest BCUT2D eigenvalue weighted by atomic mass is 9.95. The Morgan fingerprint density at radius 1 is 0.758 bits per heavy atom. The Hall–Kier alpha value is -6.95. The summed E-state index contributed by atoms with van der Waals surface area (Å²) in [5.74, 6) is 0.0850. The summed E-state index contributed by atoms with van der Waals surface area (Å²) in [4.78, 5) is 4.65. The Morgan fingerprint density at radius 3 is 2.18 bits per heavy atom. The Bertz CT molecular complexity index is 2580. The third kappa shape index (κ3) is 10.3. The summed E-state index contributed by atoms with van der Waals surface area (Å²) in [7, 11) is 0. The minimum atomic E-state index is 0.0850. The predicted molar refractivity (Wildman–Crippen MR) is 266 cm³/mol. The molecule has 8 rings (SSSR count). The molecule has 4 N–H and O–H groups in total. The number of nitrogens with two attached hydrogens (primary N) is 1. The molecule has 5 aromatic rings. The van der Waals surface area contributed by atoms with E-state index in [4.69, 9.17) is 11.1 Å². The Balaban J connectivity index is 0.000000306. The van der Waals surface area contributed by atoms with Crippen molar-refractivity contribution in [2.75, 3.05) is 16.3 Å². The quantitative estimate of drug-likeness (QED) is 0.0706. The molecule has 0 saturated carbocycles. The highest BCUT2D eigenvalue weighted by Gasteiger charge is 2.26. The molecule has 0 unspecified atom stereocenters. The molecule has 0 atom stereocenters. The molecular weight excluding hydrogens is 755 g/mol. The van der Waals surface area contributed by atoms with Gasteiger partial charge in [-0.3, -0.25) is 5.41 Å². The van der Waals surface area contributed by atoms with Gasteiger partial charge in [-0.15, -0.1) is 0 Å². The summed E-state index contributed by atoms with van der Waals surface area (Å²) in [6.07, 6.45) is 27.0. The Morgan fingerprint density at radius 2 is 1.47 bits per heavy atom. The van der Waals surface area contributed by atoms with E-state index in [1.54, 1.807) is 0 Å². The zero-order valence-electron chi connectivity index (χ0n) is 36.4. The fourth-order valence-electron chi connectivity index (χ4n) is 8.32. The molecule has 5 nitrogen and oxygen atoms in total. The van der Waals surface area contributed by atoms with E-state index >= 15 is 0 Å². The van der Waals surface area contributed by atoms with Crippen LogP contribution in [0, 0.1) is 5.41 Å². The van der Waals surface area contributed by atoms with Crippen molar-refractivity contribution in [1.29, 1.82) is 5.41 Å². The van der Waals surface area contributed by atoms with Gasteiger partial charge in [0.1, 0.15) is 5.84 Å². The first-order valence-electron chi connectivity index (χ1n) is 21.9. The van der Waals surface area contributed by atoms with Gasteiger partial charge in [-0.05, 0) is 157 Å². The number of hydrogen-bond acceptors (Lipinski definition) is 4. The van der Waals surface area contributed by atoms with Crippen LogP contribution in [0.4, 0.5) is 22.7 Å². The predicted octanol–water partition coefficient (Wildman–Crippen LogP) is 14.2. The molecule has 5 aromatic carbocycles. The largest absolute Gasteiger partial charge is 0.384 e. The zero-order valence-corrected chi connectivity index (χ0v) is 36.4. The number of hydrogen-bond donors (Lipinski definition) is 3. The summed E-state index contributed by atoms with van der Waals surface area (Å²) < 4.78 is 0. The highest BCUT2D eigenvalue weighted by molar-refractivity contribution is 5.95. The molecule has 0 saturated heterocycles. The van der Waals surface area contributed by atoms with Crippen LogP contribution in [0.1, 0.15) is 68.7 Å². The van der Waals surface area contributed by atoms with Gasteiger partial charge in [-0.2, -0.15) is 0 Å². The van der Waals surface area contributed by atoms with E-state index in [0.717, 1.165) is 84.7 Å². The molecule has 312 valence electrons. The lowest BCUT2D eigenvalue weighted by Gasteiger charge is -2.30. The number of benzene rings is 5. The SMILES string of the molecule is C/C=C\C(=C/CC)CNCc1ccccc1.C=C1/C(=C\C=C/C)C=Cc2cc(-c3ccc4c(c3)CCC3=C(C=CCC3)N4c3ccc(C(=N)N)cc3)ccc2N1c1ccccc1. The van der Waals surface area contributed by atoms with Gasteiger partial charge in [0.15, 0.2) is 0 Å². The second-order valence-electron chi connectivity index (χ2n) is 15.7.